The first-order valence-electron chi connectivity index (χ1n) is 4.17. The molecule has 0 aliphatic carbocycles. The van der Waals surface area contributed by atoms with Crippen LogP contribution in [-0.2, 0) is 0 Å². The van der Waals surface area contributed by atoms with E-state index in [1.165, 1.54) is 12.1 Å². The highest BCUT2D eigenvalue weighted by atomic mass is 19.1. The summed E-state index contributed by atoms with van der Waals surface area (Å²) in [6.45, 7) is 1.99. The van der Waals surface area contributed by atoms with Crippen molar-refractivity contribution in [1.29, 1.82) is 0 Å². The molecule has 0 bridgehead atoms. The second-order valence-corrected chi connectivity index (χ2v) is 2.86. The van der Waals surface area contributed by atoms with Crippen LogP contribution in [0.5, 0.6) is 0 Å². The van der Waals surface area contributed by atoms with E-state index >= 15 is 0 Å². The van der Waals surface area contributed by atoms with Gasteiger partial charge in [-0.25, -0.2) is 4.39 Å². The Bertz CT molecular complexity index is 247. The van der Waals surface area contributed by atoms with Gasteiger partial charge in [0.05, 0.1) is 6.10 Å². The lowest BCUT2D eigenvalue weighted by atomic mass is 10.1. The van der Waals surface area contributed by atoms with E-state index in [-0.39, 0.29) is 5.82 Å². The van der Waals surface area contributed by atoms with Crippen molar-refractivity contribution in [3.8, 4) is 0 Å². The highest BCUT2D eigenvalue weighted by Gasteiger charge is 2.05. The number of hydrogen-bond donors (Lipinski definition) is 1. The minimum atomic E-state index is -0.523. The van der Waals surface area contributed by atoms with Crippen LogP contribution in [0.25, 0.3) is 0 Å². The van der Waals surface area contributed by atoms with Crippen LogP contribution in [0, 0.1) is 5.82 Å². The maximum absolute atomic E-state index is 12.7. The average molecular weight is 168 g/mol. The predicted molar refractivity (Wildman–Crippen MR) is 46.3 cm³/mol. The van der Waals surface area contributed by atoms with Crippen molar-refractivity contribution in [1.82, 2.24) is 0 Å². The molecule has 0 aromatic heterocycles. The van der Waals surface area contributed by atoms with Crippen LogP contribution in [0.15, 0.2) is 24.3 Å². The Labute approximate surface area is 71.9 Å². The van der Waals surface area contributed by atoms with Crippen molar-refractivity contribution in [2.75, 3.05) is 0 Å². The van der Waals surface area contributed by atoms with Gasteiger partial charge in [0.15, 0.2) is 0 Å². The van der Waals surface area contributed by atoms with Gasteiger partial charge in [-0.15, -0.1) is 0 Å². The number of hydrogen-bond acceptors (Lipinski definition) is 1. The fraction of sp³-hybridized carbons (Fsp3) is 0.400. The normalized spacial score (nSPS) is 12.9. The SMILES string of the molecule is CCC[C@H](O)c1cccc(F)c1. The van der Waals surface area contributed by atoms with Crippen LogP contribution in [0.4, 0.5) is 4.39 Å². The second kappa shape index (κ2) is 4.21. The van der Waals surface area contributed by atoms with Gasteiger partial charge in [0.1, 0.15) is 5.82 Å². The Morgan fingerprint density at radius 2 is 2.25 bits per heavy atom. The first kappa shape index (κ1) is 9.20. The molecule has 1 aromatic rings. The largest absolute Gasteiger partial charge is 0.388 e. The summed E-state index contributed by atoms with van der Waals surface area (Å²) >= 11 is 0. The molecule has 1 rings (SSSR count). The molecule has 0 aliphatic rings. The third-order valence-electron chi connectivity index (χ3n) is 1.80. The van der Waals surface area contributed by atoms with E-state index in [1.54, 1.807) is 12.1 Å². The van der Waals surface area contributed by atoms with E-state index in [0.717, 1.165) is 6.42 Å². The summed E-state index contributed by atoms with van der Waals surface area (Å²) in [4.78, 5) is 0. The molecule has 0 aliphatic heterocycles. The molecule has 1 atom stereocenters. The number of benzene rings is 1. The summed E-state index contributed by atoms with van der Waals surface area (Å²) in [6.07, 6.45) is 1.06. The minimum Gasteiger partial charge on any atom is -0.388 e. The first-order chi connectivity index (χ1) is 5.74. The number of halogens is 1. The summed E-state index contributed by atoms with van der Waals surface area (Å²) in [5.74, 6) is -0.289. The van der Waals surface area contributed by atoms with Gasteiger partial charge in [-0.05, 0) is 24.1 Å². The van der Waals surface area contributed by atoms with Gasteiger partial charge in [-0.2, -0.15) is 0 Å². The topological polar surface area (TPSA) is 20.2 Å². The zero-order valence-electron chi connectivity index (χ0n) is 7.13. The van der Waals surface area contributed by atoms with Gasteiger partial charge >= 0.3 is 0 Å². The van der Waals surface area contributed by atoms with Gasteiger partial charge < -0.3 is 5.11 Å². The van der Waals surface area contributed by atoms with E-state index in [1.807, 2.05) is 6.92 Å². The van der Waals surface area contributed by atoms with Gasteiger partial charge in [-0.1, -0.05) is 25.5 Å². The molecule has 0 spiro atoms. The predicted octanol–water partition coefficient (Wildman–Crippen LogP) is 2.66. The summed E-state index contributed by atoms with van der Waals surface area (Å²) in [5, 5.41) is 9.48. The molecule has 0 heterocycles. The number of aliphatic hydroxyl groups is 1. The Kier molecular flexibility index (Phi) is 3.23. The lowest BCUT2D eigenvalue weighted by Gasteiger charge is -2.08. The molecule has 66 valence electrons. The summed E-state index contributed by atoms with van der Waals surface area (Å²) < 4.78 is 12.7. The second-order valence-electron chi connectivity index (χ2n) is 2.86. The van der Waals surface area contributed by atoms with Crippen molar-refractivity contribution in [2.24, 2.45) is 0 Å². The van der Waals surface area contributed by atoms with Gasteiger partial charge in [0.25, 0.3) is 0 Å². The Morgan fingerprint density at radius 1 is 1.50 bits per heavy atom. The molecule has 0 unspecified atom stereocenters. The third kappa shape index (κ3) is 2.31. The molecule has 0 saturated heterocycles. The van der Waals surface area contributed by atoms with Gasteiger partial charge in [0, 0.05) is 0 Å². The molecule has 0 amide bonds. The number of rotatable bonds is 3. The standard InChI is InChI=1S/C10H13FO/c1-2-4-10(12)8-5-3-6-9(11)7-8/h3,5-7,10,12H,2,4H2,1H3/t10-/m0/s1. The van der Waals surface area contributed by atoms with Crippen molar-refractivity contribution >= 4 is 0 Å². The van der Waals surface area contributed by atoms with Crippen LogP contribution in [0.1, 0.15) is 31.4 Å². The molecule has 1 aromatic carbocycles. The van der Waals surface area contributed by atoms with E-state index in [0.29, 0.717) is 12.0 Å². The zero-order valence-corrected chi connectivity index (χ0v) is 7.13. The van der Waals surface area contributed by atoms with Crippen molar-refractivity contribution in [2.45, 2.75) is 25.9 Å². The quantitative estimate of drug-likeness (QED) is 0.735. The summed E-state index contributed by atoms with van der Waals surface area (Å²) in [6, 6.07) is 6.11. The minimum absolute atomic E-state index is 0.289. The molecule has 0 fully saturated rings. The molecule has 0 saturated carbocycles. The Morgan fingerprint density at radius 3 is 2.83 bits per heavy atom. The monoisotopic (exact) mass is 168 g/mol. The number of aliphatic hydroxyl groups excluding tert-OH is 1. The smallest absolute Gasteiger partial charge is 0.123 e. The fourth-order valence-corrected chi connectivity index (χ4v) is 1.15. The van der Waals surface area contributed by atoms with Crippen LogP contribution in [0.2, 0.25) is 0 Å². The molecular formula is C10H13FO. The maximum Gasteiger partial charge on any atom is 0.123 e. The van der Waals surface area contributed by atoms with Gasteiger partial charge in [-0.3, -0.25) is 0 Å². The van der Waals surface area contributed by atoms with Crippen molar-refractivity contribution in [3.63, 3.8) is 0 Å². The van der Waals surface area contributed by atoms with Crippen LogP contribution in [0.3, 0.4) is 0 Å². The van der Waals surface area contributed by atoms with Crippen LogP contribution >= 0.6 is 0 Å². The zero-order chi connectivity index (χ0) is 8.97. The third-order valence-corrected chi connectivity index (χ3v) is 1.80. The summed E-state index contributed by atoms with van der Waals surface area (Å²) in [5.41, 5.74) is 0.664. The molecule has 1 nitrogen and oxygen atoms in total. The highest BCUT2D eigenvalue weighted by molar-refractivity contribution is 5.18. The molecule has 1 N–H and O–H groups in total. The van der Waals surface area contributed by atoms with Crippen molar-refractivity contribution in [3.05, 3.63) is 35.6 Å². The van der Waals surface area contributed by atoms with E-state index in [9.17, 15) is 9.50 Å². The highest BCUT2D eigenvalue weighted by Crippen LogP contribution is 2.18. The molecular weight excluding hydrogens is 155 g/mol. The Hall–Kier alpha value is -0.890. The van der Waals surface area contributed by atoms with Crippen LogP contribution < -0.4 is 0 Å². The Balaban J connectivity index is 2.73. The average Bonchev–Trinajstić information content (AvgIpc) is 2.05. The lowest BCUT2D eigenvalue weighted by molar-refractivity contribution is 0.166. The van der Waals surface area contributed by atoms with E-state index in [2.05, 4.69) is 0 Å². The fourth-order valence-electron chi connectivity index (χ4n) is 1.15. The summed E-state index contributed by atoms with van der Waals surface area (Å²) in [7, 11) is 0. The lowest BCUT2D eigenvalue weighted by Crippen LogP contribution is -1.96. The maximum atomic E-state index is 12.7. The molecule has 12 heavy (non-hydrogen) atoms. The molecule has 0 radical (unpaired) electrons. The van der Waals surface area contributed by atoms with Crippen LogP contribution in [-0.4, -0.2) is 5.11 Å². The van der Waals surface area contributed by atoms with Gasteiger partial charge in [0.2, 0.25) is 0 Å². The first-order valence-corrected chi connectivity index (χ1v) is 4.17. The molecule has 2 heteroatoms. The van der Waals surface area contributed by atoms with E-state index < -0.39 is 6.10 Å². The van der Waals surface area contributed by atoms with E-state index in [4.69, 9.17) is 0 Å². The van der Waals surface area contributed by atoms with Crippen molar-refractivity contribution < 1.29 is 9.50 Å².